The van der Waals surface area contributed by atoms with Crippen molar-refractivity contribution in [2.45, 2.75) is 39.6 Å². The van der Waals surface area contributed by atoms with E-state index < -0.39 is 0 Å². The molecule has 1 aromatic carbocycles. The Labute approximate surface area is 103 Å². The third-order valence-corrected chi connectivity index (χ3v) is 3.28. The number of anilines is 1. The number of rotatable bonds is 2. The van der Waals surface area contributed by atoms with Crippen molar-refractivity contribution in [3.05, 3.63) is 29.3 Å². The first-order valence-electron chi connectivity index (χ1n) is 6.21. The van der Waals surface area contributed by atoms with Gasteiger partial charge in [0.25, 0.3) is 0 Å². The second kappa shape index (κ2) is 5.07. The summed E-state index contributed by atoms with van der Waals surface area (Å²) in [6.45, 7) is 8.24. The highest BCUT2D eigenvalue weighted by Gasteiger charge is 2.22. The van der Waals surface area contributed by atoms with Crippen LogP contribution in [0.5, 0.6) is 0 Å². The molecule has 3 nitrogen and oxygen atoms in total. The van der Waals surface area contributed by atoms with Crippen LogP contribution in [0.25, 0.3) is 0 Å². The summed E-state index contributed by atoms with van der Waals surface area (Å²) in [7, 11) is 0. The van der Waals surface area contributed by atoms with Crippen LogP contribution < -0.4 is 4.90 Å². The van der Waals surface area contributed by atoms with Crippen molar-refractivity contribution < 1.29 is 9.84 Å². The van der Waals surface area contributed by atoms with Gasteiger partial charge in [0.15, 0.2) is 0 Å². The van der Waals surface area contributed by atoms with E-state index in [0.717, 1.165) is 24.2 Å². The number of hydrogen-bond acceptors (Lipinski definition) is 3. The smallest absolute Gasteiger partial charge is 0.0726 e. The van der Waals surface area contributed by atoms with Crippen molar-refractivity contribution in [2.75, 3.05) is 18.0 Å². The fraction of sp³-hybridized carbons (Fsp3) is 0.571. The van der Waals surface area contributed by atoms with Crippen LogP contribution in [0.3, 0.4) is 0 Å². The number of morpholine rings is 1. The summed E-state index contributed by atoms with van der Waals surface area (Å²) in [5, 5.41) is 9.17. The van der Waals surface area contributed by atoms with Crippen LogP contribution in [0, 0.1) is 6.92 Å². The van der Waals surface area contributed by atoms with Crippen molar-refractivity contribution in [2.24, 2.45) is 0 Å². The topological polar surface area (TPSA) is 32.7 Å². The Morgan fingerprint density at radius 2 is 1.94 bits per heavy atom. The molecule has 0 bridgehead atoms. The second-order valence-corrected chi connectivity index (χ2v) is 4.93. The lowest BCUT2D eigenvalue weighted by molar-refractivity contribution is -0.00522. The Morgan fingerprint density at radius 3 is 2.47 bits per heavy atom. The highest BCUT2D eigenvalue weighted by Crippen LogP contribution is 2.23. The van der Waals surface area contributed by atoms with Gasteiger partial charge in [0.2, 0.25) is 0 Å². The minimum absolute atomic E-state index is 0.113. The van der Waals surface area contributed by atoms with Crippen LogP contribution in [0.1, 0.15) is 25.0 Å². The number of aliphatic hydroxyl groups excluding tert-OH is 1. The average Bonchev–Trinajstić information content (AvgIpc) is 2.27. The predicted molar refractivity (Wildman–Crippen MR) is 69.3 cm³/mol. The fourth-order valence-corrected chi connectivity index (χ4v) is 2.44. The molecule has 0 saturated carbocycles. The van der Waals surface area contributed by atoms with Crippen molar-refractivity contribution in [3.8, 4) is 0 Å². The van der Waals surface area contributed by atoms with Gasteiger partial charge in [-0.3, -0.25) is 0 Å². The second-order valence-electron chi connectivity index (χ2n) is 4.93. The summed E-state index contributed by atoms with van der Waals surface area (Å²) in [6.07, 6.45) is 0.549. The van der Waals surface area contributed by atoms with E-state index in [4.69, 9.17) is 4.74 Å². The first kappa shape index (κ1) is 12.4. The monoisotopic (exact) mass is 235 g/mol. The number of hydrogen-bond donors (Lipinski definition) is 1. The van der Waals surface area contributed by atoms with Gasteiger partial charge in [-0.1, -0.05) is 6.07 Å². The SMILES string of the molecule is Cc1cc(N2CC(C)OC(C)C2)ccc1CO. The Balaban J connectivity index is 2.19. The maximum atomic E-state index is 9.17. The molecule has 1 heterocycles. The molecule has 0 amide bonds. The van der Waals surface area contributed by atoms with Gasteiger partial charge >= 0.3 is 0 Å². The van der Waals surface area contributed by atoms with E-state index in [1.54, 1.807) is 0 Å². The summed E-state index contributed by atoms with van der Waals surface area (Å²) in [4.78, 5) is 2.35. The first-order chi connectivity index (χ1) is 8.10. The number of aryl methyl sites for hydroxylation is 1. The van der Waals surface area contributed by atoms with Gasteiger partial charge in [-0.2, -0.15) is 0 Å². The van der Waals surface area contributed by atoms with Gasteiger partial charge < -0.3 is 14.7 Å². The molecular formula is C14H21NO2. The Bertz CT molecular complexity index is 382. The highest BCUT2D eigenvalue weighted by molar-refractivity contribution is 5.51. The van der Waals surface area contributed by atoms with Crippen LogP contribution in [-0.2, 0) is 11.3 Å². The van der Waals surface area contributed by atoms with Gasteiger partial charge in [-0.25, -0.2) is 0 Å². The van der Waals surface area contributed by atoms with E-state index in [0.29, 0.717) is 0 Å². The summed E-state index contributed by atoms with van der Waals surface area (Å²) in [5.41, 5.74) is 3.38. The molecule has 0 radical (unpaired) electrons. The van der Waals surface area contributed by atoms with E-state index in [1.807, 2.05) is 13.0 Å². The number of aliphatic hydroxyl groups is 1. The molecule has 17 heavy (non-hydrogen) atoms. The van der Waals surface area contributed by atoms with Gasteiger partial charge in [0.05, 0.1) is 18.8 Å². The maximum Gasteiger partial charge on any atom is 0.0726 e. The van der Waals surface area contributed by atoms with Crippen molar-refractivity contribution >= 4 is 5.69 Å². The van der Waals surface area contributed by atoms with E-state index in [1.165, 1.54) is 5.69 Å². The van der Waals surface area contributed by atoms with Crippen molar-refractivity contribution in [1.29, 1.82) is 0 Å². The zero-order chi connectivity index (χ0) is 12.4. The van der Waals surface area contributed by atoms with Crippen molar-refractivity contribution in [1.82, 2.24) is 0 Å². The normalized spacial score (nSPS) is 25.1. The Hall–Kier alpha value is -1.06. The molecule has 1 fully saturated rings. The first-order valence-corrected chi connectivity index (χ1v) is 6.21. The molecule has 0 aliphatic carbocycles. The molecule has 1 aliphatic rings. The van der Waals surface area contributed by atoms with Crippen LogP contribution in [-0.4, -0.2) is 30.4 Å². The predicted octanol–water partition coefficient (Wildman–Crippen LogP) is 2.10. The van der Waals surface area contributed by atoms with Gasteiger partial charge in [0.1, 0.15) is 0 Å². The number of benzene rings is 1. The molecule has 2 rings (SSSR count). The summed E-state index contributed by atoms with van der Waals surface area (Å²) in [5.74, 6) is 0. The third-order valence-electron chi connectivity index (χ3n) is 3.28. The zero-order valence-electron chi connectivity index (χ0n) is 10.8. The van der Waals surface area contributed by atoms with Gasteiger partial charge in [-0.05, 0) is 44.0 Å². The quantitative estimate of drug-likeness (QED) is 0.852. The average molecular weight is 235 g/mol. The van der Waals surface area contributed by atoms with Crippen LogP contribution in [0.15, 0.2) is 18.2 Å². The molecule has 3 heteroatoms. The molecule has 1 aromatic rings. The minimum Gasteiger partial charge on any atom is -0.392 e. The molecule has 2 unspecified atom stereocenters. The molecule has 1 aliphatic heterocycles. The van der Waals surface area contributed by atoms with Crippen molar-refractivity contribution in [3.63, 3.8) is 0 Å². The maximum absolute atomic E-state index is 9.17. The largest absolute Gasteiger partial charge is 0.392 e. The fourth-order valence-electron chi connectivity index (χ4n) is 2.44. The van der Waals surface area contributed by atoms with E-state index in [2.05, 4.69) is 30.9 Å². The summed E-state index contributed by atoms with van der Waals surface area (Å²) >= 11 is 0. The van der Waals surface area contributed by atoms with Gasteiger partial charge in [0, 0.05) is 18.8 Å². The van der Waals surface area contributed by atoms with Crippen LogP contribution in [0.2, 0.25) is 0 Å². The highest BCUT2D eigenvalue weighted by atomic mass is 16.5. The molecule has 2 atom stereocenters. The lowest BCUT2D eigenvalue weighted by Gasteiger charge is -2.37. The lowest BCUT2D eigenvalue weighted by Crippen LogP contribution is -2.45. The van der Waals surface area contributed by atoms with Gasteiger partial charge in [-0.15, -0.1) is 0 Å². The Kier molecular flexibility index (Phi) is 3.69. The zero-order valence-corrected chi connectivity index (χ0v) is 10.8. The molecule has 1 N–H and O–H groups in total. The molecule has 0 spiro atoms. The number of ether oxygens (including phenoxy) is 1. The molecule has 1 saturated heterocycles. The third kappa shape index (κ3) is 2.79. The van der Waals surface area contributed by atoms with E-state index >= 15 is 0 Å². The summed E-state index contributed by atoms with van der Waals surface area (Å²) in [6, 6.07) is 6.25. The van der Waals surface area contributed by atoms with E-state index in [9.17, 15) is 5.11 Å². The minimum atomic E-state index is 0.113. The number of nitrogens with zero attached hydrogens (tertiary/aromatic N) is 1. The lowest BCUT2D eigenvalue weighted by atomic mass is 10.1. The standard InChI is InChI=1S/C14H21NO2/c1-10-6-14(5-4-13(10)9-16)15-7-11(2)17-12(3)8-15/h4-6,11-12,16H,7-9H2,1-3H3. The van der Waals surface area contributed by atoms with Crippen LogP contribution in [0.4, 0.5) is 5.69 Å². The molecule has 0 aromatic heterocycles. The van der Waals surface area contributed by atoms with E-state index in [-0.39, 0.29) is 18.8 Å². The van der Waals surface area contributed by atoms with Crippen LogP contribution >= 0.6 is 0 Å². The molecular weight excluding hydrogens is 214 g/mol. The Morgan fingerprint density at radius 1 is 1.29 bits per heavy atom. The molecule has 94 valence electrons. The summed E-state index contributed by atoms with van der Waals surface area (Å²) < 4.78 is 5.73.